The van der Waals surface area contributed by atoms with E-state index < -0.39 is 16.9 Å². The van der Waals surface area contributed by atoms with Crippen LogP contribution in [0.5, 0.6) is 5.75 Å². The van der Waals surface area contributed by atoms with Crippen LogP contribution in [0.4, 0.5) is 11.4 Å². The van der Waals surface area contributed by atoms with Crippen molar-refractivity contribution in [2.45, 2.75) is 26.4 Å². The molecule has 27 heavy (non-hydrogen) atoms. The maximum atomic E-state index is 12.3. The summed E-state index contributed by atoms with van der Waals surface area (Å²) in [6.07, 6.45) is -0.147. The molecule has 0 saturated heterocycles. The molecule has 0 aliphatic rings. The van der Waals surface area contributed by atoms with Crippen molar-refractivity contribution in [1.82, 2.24) is 5.32 Å². The molecule has 1 atom stereocenters. The van der Waals surface area contributed by atoms with Gasteiger partial charge in [0.25, 0.3) is 11.8 Å². The Morgan fingerprint density at radius 1 is 1.19 bits per heavy atom. The summed E-state index contributed by atoms with van der Waals surface area (Å²) < 4.78 is 5.44. The Bertz CT molecular complexity index is 838. The van der Waals surface area contributed by atoms with Crippen LogP contribution in [0.2, 0.25) is 0 Å². The van der Waals surface area contributed by atoms with Gasteiger partial charge >= 0.3 is 5.69 Å². The Hall–Kier alpha value is -3.42. The summed E-state index contributed by atoms with van der Waals surface area (Å²) in [5.41, 5.74) is 0.641. The van der Waals surface area contributed by atoms with Gasteiger partial charge in [-0.15, -0.1) is 0 Å². The highest BCUT2D eigenvalue weighted by molar-refractivity contribution is 5.98. The number of nitro benzene ring substituents is 1. The number of benzene rings is 2. The number of nitrogens with zero attached hydrogens (tertiary/aromatic N) is 1. The van der Waals surface area contributed by atoms with Crippen molar-refractivity contribution in [3.63, 3.8) is 0 Å². The molecule has 1 unspecified atom stereocenters. The lowest BCUT2D eigenvalue weighted by Crippen LogP contribution is -2.30. The summed E-state index contributed by atoms with van der Waals surface area (Å²) in [6.45, 7) is 4.01. The third-order valence-electron chi connectivity index (χ3n) is 3.66. The Morgan fingerprint density at radius 2 is 1.93 bits per heavy atom. The zero-order valence-corrected chi connectivity index (χ0v) is 15.1. The molecule has 8 nitrogen and oxygen atoms in total. The molecule has 0 saturated carbocycles. The Labute approximate surface area is 156 Å². The molecule has 0 heterocycles. The number of para-hydroxylation sites is 2. The van der Waals surface area contributed by atoms with E-state index in [1.807, 2.05) is 6.92 Å². The Morgan fingerprint density at radius 3 is 2.63 bits per heavy atom. The van der Waals surface area contributed by atoms with Crippen molar-refractivity contribution in [2.75, 3.05) is 11.9 Å². The van der Waals surface area contributed by atoms with E-state index in [0.717, 1.165) is 6.42 Å². The summed E-state index contributed by atoms with van der Waals surface area (Å²) >= 11 is 0. The largest absolute Gasteiger partial charge is 0.474 e. The topological polar surface area (TPSA) is 111 Å². The number of hydrogen-bond acceptors (Lipinski definition) is 5. The molecule has 2 aromatic rings. The van der Waals surface area contributed by atoms with Gasteiger partial charge in [-0.05, 0) is 37.6 Å². The van der Waals surface area contributed by atoms with Crippen molar-refractivity contribution in [3.05, 3.63) is 64.2 Å². The third-order valence-corrected chi connectivity index (χ3v) is 3.66. The smallest absolute Gasteiger partial charge is 0.310 e. The first-order valence-electron chi connectivity index (χ1n) is 8.51. The van der Waals surface area contributed by atoms with Crippen LogP contribution < -0.4 is 15.4 Å². The normalized spacial score (nSPS) is 11.3. The molecular weight excluding hydrogens is 350 g/mol. The number of nitrogens with one attached hydrogen (secondary N) is 2. The second-order valence-electron chi connectivity index (χ2n) is 5.81. The standard InChI is InChI=1S/C19H21N3O5/c1-3-11-20-19(24)14-7-6-8-15(12-14)21-18(23)13(2)27-17-10-5-4-9-16(17)22(25)26/h4-10,12-13H,3,11H2,1-2H3,(H,20,24)(H,21,23). The molecule has 2 N–H and O–H groups in total. The van der Waals surface area contributed by atoms with E-state index in [1.165, 1.54) is 25.1 Å². The minimum atomic E-state index is -0.969. The first-order chi connectivity index (χ1) is 12.9. The lowest BCUT2D eigenvalue weighted by molar-refractivity contribution is -0.386. The van der Waals surface area contributed by atoms with E-state index in [1.54, 1.807) is 30.3 Å². The van der Waals surface area contributed by atoms with Gasteiger partial charge in [0.1, 0.15) is 0 Å². The number of rotatable bonds is 8. The van der Waals surface area contributed by atoms with Crippen LogP contribution in [0.15, 0.2) is 48.5 Å². The SMILES string of the molecule is CCCNC(=O)c1cccc(NC(=O)C(C)Oc2ccccc2[N+](=O)[O-])c1. The second-order valence-corrected chi connectivity index (χ2v) is 5.81. The number of ether oxygens (including phenoxy) is 1. The molecule has 0 aliphatic heterocycles. The molecule has 142 valence electrons. The summed E-state index contributed by atoms with van der Waals surface area (Å²) in [5.74, 6) is -0.700. The lowest BCUT2D eigenvalue weighted by atomic mass is 10.2. The molecule has 2 rings (SSSR count). The molecule has 2 aromatic carbocycles. The first kappa shape index (κ1) is 19.9. The quantitative estimate of drug-likeness (QED) is 0.547. The summed E-state index contributed by atoms with van der Waals surface area (Å²) in [4.78, 5) is 34.8. The predicted octanol–water partition coefficient (Wildman–Crippen LogP) is 3.14. The molecule has 0 spiro atoms. The molecule has 8 heteroatoms. The Balaban J connectivity index is 2.05. The molecule has 0 aliphatic carbocycles. The fourth-order valence-electron chi connectivity index (χ4n) is 2.27. The molecule has 2 amide bonds. The molecular formula is C19H21N3O5. The number of carbonyl (C=O) groups excluding carboxylic acids is 2. The van der Waals surface area contributed by atoms with E-state index in [0.29, 0.717) is 17.8 Å². The number of anilines is 1. The van der Waals surface area contributed by atoms with Gasteiger partial charge in [-0.25, -0.2) is 0 Å². The van der Waals surface area contributed by atoms with Crippen LogP contribution in [0.25, 0.3) is 0 Å². The van der Waals surface area contributed by atoms with Gasteiger partial charge in [-0.1, -0.05) is 25.1 Å². The van der Waals surface area contributed by atoms with Gasteiger partial charge in [0.2, 0.25) is 0 Å². The van der Waals surface area contributed by atoms with E-state index in [4.69, 9.17) is 4.74 Å². The first-order valence-corrected chi connectivity index (χ1v) is 8.51. The van der Waals surface area contributed by atoms with Gasteiger partial charge in [0.05, 0.1) is 4.92 Å². The minimum absolute atomic E-state index is 0.0119. The molecule has 0 bridgehead atoms. The highest BCUT2D eigenvalue weighted by Crippen LogP contribution is 2.27. The number of hydrogen-bond donors (Lipinski definition) is 2. The monoisotopic (exact) mass is 371 g/mol. The molecule has 0 aromatic heterocycles. The molecule has 0 fully saturated rings. The zero-order valence-electron chi connectivity index (χ0n) is 15.1. The van der Waals surface area contributed by atoms with Gasteiger partial charge in [0, 0.05) is 23.9 Å². The third kappa shape index (κ3) is 5.53. The maximum Gasteiger partial charge on any atom is 0.310 e. The van der Waals surface area contributed by atoms with E-state index in [-0.39, 0.29) is 17.3 Å². The predicted molar refractivity (Wildman–Crippen MR) is 101 cm³/mol. The highest BCUT2D eigenvalue weighted by atomic mass is 16.6. The van der Waals surface area contributed by atoms with Crippen molar-refractivity contribution in [3.8, 4) is 5.75 Å². The van der Waals surface area contributed by atoms with Crippen LogP contribution in [0.3, 0.4) is 0 Å². The fraction of sp³-hybridized carbons (Fsp3) is 0.263. The van der Waals surface area contributed by atoms with Crippen molar-refractivity contribution < 1.29 is 19.2 Å². The van der Waals surface area contributed by atoms with Gasteiger partial charge in [0.15, 0.2) is 11.9 Å². The average Bonchev–Trinajstić information content (AvgIpc) is 2.66. The number of carbonyl (C=O) groups is 2. The van der Waals surface area contributed by atoms with Gasteiger partial charge in [-0.3, -0.25) is 19.7 Å². The lowest BCUT2D eigenvalue weighted by Gasteiger charge is -2.15. The van der Waals surface area contributed by atoms with Crippen molar-refractivity contribution in [1.29, 1.82) is 0 Å². The van der Waals surface area contributed by atoms with E-state index in [2.05, 4.69) is 10.6 Å². The average molecular weight is 371 g/mol. The minimum Gasteiger partial charge on any atom is -0.474 e. The molecule has 0 radical (unpaired) electrons. The second kappa shape index (κ2) is 9.33. The van der Waals surface area contributed by atoms with Crippen molar-refractivity contribution in [2.24, 2.45) is 0 Å². The van der Waals surface area contributed by atoms with Gasteiger partial charge in [-0.2, -0.15) is 0 Å². The van der Waals surface area contributed by atoms with E-state index in [9.17, 15) is 19.7 Å². The highest BCUT2D eigenvalue weighted by Gasteiger charge is 2.21. The van der Waals surface area contributed by atoms with E-state index >= 15 is 0 Å². The van der Waals surface area contributed by atoms with Crippen LogP contribution in [0.1, 0.15) is 30.6 Å². The maximum absolute atomic E-state index is 12.3. The summed E-state index contributed by atoms with van der Waals surface area (Å²) in [7, 11) is 0. The summed E-state index contributed by atoms with van der Waals surface area (Å²) in [6, 6.07) is 12.3. The Kier molecular flexibility index (Phi) is 6.87. The van der Waals surface area contributed by atoms with Crippen LogP contribution in [0, 0.1) is 10.1 Å². The van der Waals surface area contributed by atoms with Crippen LogP contribution >= 0.6 is 0 Å². The number of nitro groups is 1. The van der Waals surface area contributed by atoms with Gasteiger partial charge < -0.3 is 15.4 Å². The van der Waals surface area contributed by atoms with Crippen LogP contribution in [-0.2, 0) is 4.79 Å². The number of amides is 2. The fourth-order valence-corrected chi connectivity index (χ4v) is 2.27. The zero-order chi connectivity index (χ0) is 19.8. The van der Waals surface area contributed by atoms with Crippen LogP contribution in [-0.4, -0.2) is 29.4 Å². The van der Waals surface area contributed by atoms with Crippen molar-refractivity contribution >= 4 is 23.2 Å². The summed E-state index contributed by atoms with van der Waals surface area (Å²) in [5, 5.41) is 16.4.